The number of hydrogen-bond donors (Lipinski definition) is 1. The summed E-state index contributed by atoms with van der Waals surface area (Å²) in [5.74, 6) is -0.126. The fourth-order valence-corrected chi connectivity index (χ4v) is 1.54. The average Bonchev–Trinajstić information content (AvgIpc) is 2.39. The zero-order chi connectivity index (χ0) is 13.0. The van der Waals surface area contributed by atoms with Gasteiger partial charge in [-0.3, -0.25) is 4.98 Å². The van der Waals surface area contributed by atoms with E-state index in [2.05, 4.69) is 14.7 Å². The van der Waals surface area contributed by atoms with Crippen LogP contribution in [0.1, 0.15) is 5.56 Å². The molecule has 0 aliphatic rings. The second-order valence-electron chi connectivity index (χ2n) is 3.48. The number of nitrogens with zero attached hydrogens (tertiary/aromatic N) is 2. The zero-order valence-corrected chi connectivity index (χ0v) is 9.38. The quantitative estimate of drug-likeness (QED) is 0.904. The van der Waals surface area contributed by atoms with Gasteiger partial charge in [-0.15, -0.1) is 0 Å². The van der Waals surface area contributed by atoms with E-state index in [0.29, 0.717) is 17.8 Å². The molecule has 18 heavy (non-hydrogen) atoms. The predicted octanol–water partition coefficient (Wildman–Crippen LogP) is 2.20. The standard InChI is InChI=1S/C12H11F2N3O/c13-12(14)18-10-4-3-9(7-17-10)11-8(6-15)2-1-5-16-11/h1-5,7,12H,6,15H2. The number of rotatable bonds is 4. The normalized spacial score (nSPS) is 10.7. The summed E-state index contributed by atoms with van der Waals surface area (Å²) in [6.07, 6.45) is 3.07. The molecule has 2 heterocycles. The number of ether oxygens (including phenoxy) is 1. The highest BCUT2D eigenvalue weighted by atomic mass is 19.3. The molecule has 4 nitrogen and oxygen atoms in total. The van der Waals surface area contributed by atoms with Crippen molar-refractivity contribution < 1.29 is 13.5 Å². The molecular weight excluding hydrogens is 240 g/mol. The number of alkyl halides is 2. The molecule has 0 amide bonds. The highest BCUT2D eigenvalue weighted by Gasteiger charge is 2.08. The first-order valence-corrected chi connectivity index (χ1v) is 5.26. The Morgan fingerprint density at radius 3 is 2.67 bits per heavy atom. The topological polar surface area (TPSA) is 61.0 Å². The maximum atomic E-state index is 12.0. The first kappa shape index (κ1) is 12.4. The van der Waals surface area contributed by atoms with Gasteiger partial charge in [0.05, 0.1) is 5.69 Å². The summed E-state index contributed by atoms with van der Waals surface area (Å²) in [5.41, 5.74) is 7.86. The van der Waals surface area contributed by atoms with Gasteiger partial charge >= 0.3 is 6.61 Å². The maximum Gasteiger partial charge on any atom is 0.388 e. The summed E-state index contributed by atoms with van der Waals surface area (Å²) in [5, 5.41) is 0. The Hall–Kier alpha value is -2.08. The van der Waals surface area contributed by atoms with Crippen LogP contribution in [0.5, 0.6) is 5.88 Å². The molecular formula is C12H11F2N3O. The van der Waals surface area contributed by atoms with Crippen LogP contribution in [-0.4, -0.2) is 16.6 Å². The van der Waals surface area contributed by atoms with Crippen molar-refractivity contribution in [1.82, 2.24) is 9.97 Å². The Morgan fingerprint density at radius 1 is 1.22 bits per heavy atom. The first-order chi connectivity index (χ1) is 8.70. The van der Waals surface area contributed by atoms with E-state index in [1.165, 1.54) is 12.3 Å². The van der Waals surface area contributed by atoms with Gasteiger partial charge in [0, 0.05) is 30.6 Å². The molecule has 2 aromatic rings. The molecule has 0 radical (unpaired) electrons. The molecule has 0 spiro atoms. The molecule has 0 fully saturated rings. The zero-order valence-electron chi connectivity index (χ0n) is 9.38. The van der Waals surface area contributed by atoms with Crippen molar-refractivity contribution in [2.75, 3.05) is 0 Å². The molecule has 2 N–H and O–H groups in total. The van der Waals surface area contributed by atoms with E-state index in [9.17, 15) is 8.78 Å². The minimum Gasteiger partial charge on any atom is -0.417 e. The molecule has 6 heteroatoms. The third kappa shape index (κ3) is 2.78. The Labute approximate surface area is 102 Å². The van der Waals surface area contributed by atoms with Crippen molar-refractivity contribution in [2.45, 2.75) is 13.2 Å². The van der Waals surface area contributed by atoms with E-state index in [1.807, 2.05) is 6.07 Å². The number of halogens is 2. The van der Waals surface area contributed by atoms with Gasteiger partial charge in [-0.05, 0) is 17.7 Å². The molecule has 0 saturated carbocycles. The van der Waals surface area contributed by atoms with Crippen LogP contribution in [0.2, 0.25) is 0 Å². The third-order valence-electron chi connectivity index (χ3n) is 2.33. The average molecular weight is 251 g/mol. The molecule has 0 aliphatic carbocycles. The second kappa shape index (κ2) is 5.50. The van der Waals surface area contributed by atoms with Crippen molar-refractivity contribution in [2.24, 2.45) is 5.73 Å². The molecule has 94 valence electrons. The van der Waals surface area contributed by atoms with E-state index in [4.69, 9.17) is 5.73 Å². The van der Waals surface area contributed by atoms with Gasteiger partial charge < -0.3 is 10.5 Å². The van der Waals surface area contributed by atoms with E-state index >= 15 is 0 Å². The Balaban J connectivity index is 2.28. The fourth-order valence-electron chi connectivity index (χ4n) is 1.54. The van der Waals surface area contributed by atoms with Gasteiger partial charge in [0.15, 0.2) is 0 Å². The molecule has 0 aromatic carbocycles. The van der Waals surface area contributed by atoms with Crippen LogP contribution in [0, 0.1) is 0 Å². The lowest BCUT2D eigenvalue weighted by atomic mass is 10.1. The monoisotopic (exact) mass is 251 g/mol. The van der Waals surface area contributed by atoms with Crippen molar-refractivity contribution in [3.8, 4) is 17.1 Å². The maximum absolute atomic E-state index is 12.0. The molecule has 0 unspecified atom stereocenters. The van der Waals surface area contributed by atoms with Gasteiger partial charge in [-0.25, -0.2) is 4.98 Å². The van der Waals surface area contributed by atoms with Crippen LogP contribution in [0.15, 0.2) is 36.7 Å². The van der Waals surface area contributed by atoms with Crippen LogP contribution >= 0.6 is 0 Å². The van der Waals surface area contributed by atoms with E-state index in [-0.39, 0.29) is 5.88 Å². The number of nitrogens with two attached hydrogens (primary N) is 1. The summed E-state index contributed by atoms with van der Waals surface area (Å²) in [4.78, 5) is 7.99. The molecule has 0 saturated heterocycles. The summed E-state index contributed by atoms with van der Waals surface area (Å²) in [6, 6.07) is 6.63. The van der Waals surface area contributed by atoms with Crippen molar-refractivity contribution in [3.63, 3.8) is 0 Å². The molecule has 2 aromatic heterocycles. The number of hydrogen-bond acceptors (Lipinski definition) is 4. The molecule has 0 bridgehead atoms. The van der Waals surface area contributed by atoms with Crippen molar-refractivity contribution in [1.29, 1.82) is 0 Å². The smallest absolute Gasteiger partial charge is 0.388 e. The van der Waals surface area contributed by atoms with Gasteiger partial charge in [0.25, 0.3) is 0 Å². The van der Waals surface area contributed by atoms with Gasteiger partial charge in [0.2, 0.25) is 5.88 Å². The molecule has 2 rings (SSSR count). The minimum atomic E-state index is -2.88. The Morgan fingerprint density at radius 2 is 2.06 bits per heavy atom. The van der Waals surface area contributed by atoms with E-state index < -0.39 is 6.61 Å². The van der Waals surface area contributed by atoms with Crippen LogP contribution in [0.25, 0.3) is 11.3 Å². The lowest BCUT2D eigenvalue weighted by molar-refractivity contribution is -0.0528. The molecule has 0 atom stereocenters. The van der Waals surface area contributed by atoms with Crippen LogP contribution in [0.4, 0.5) is 8.78 Å². The first-order valence-electron chi connectivity index (χ1n) is 5.26. The van der Waals surface area contributed by atoms with Gasteiger partial charge in [0.1, 0.15) is 0 Å². The van der Waals surface area contributed by atoms with E-state index in [0.717, 1.165) is 5.56 Å². The predicted molar refractivity (Wildman–Crippen MR) is 62.0 cm³/mol. The lowest BCUT2D eigenvalue weighted by Crippen LogP contribution is -2.04. The largest absolute Gasteiger partial charge is 0.417 e. The highest BCUT2D eigenvalue weighted by molar-refractivity contribution is 5.62. The number of aromatic nitrogens is 2. The highest BCUT2D eigenvalue weighted by Crippen LogP contribution is 2.22. The SMILES string of the molecule is NCc1cccnc1-c1ccc(OC(F)F)nc1. The summed E-state index contributed by atoms with van der Waals surface area (Å²) < 4.78 is 28.1. The van der Waals surface area contributed by atoms with Gasteiger partial charge in [-0.2, -0.15) is 8.78 Å². The fraction of sp³-hybridized carbons (Fsp3) is 0.167. The van der Waals surface area contributed by atoms with Crippen molar-refractivity contribution >= 4 is 0 Å². The van der Waals surface area contributed by atoms with Crippen LogP contribution in [0.3, 0.4) is 0 Å². The second-order valence-corrected chi connectivity index (χ2v) is 3.48. The Kier molecular flexibility index (Phi) is 3.78. The van der Waals surface area contributed by atoms with Crippen LogP contribution in [-0.2, 0) is 6.54 Å². The minimum absolute atomic E-state index is 0.126. The molecule has 0 aliphatic heterocycles. The summed E-state index contributed by atoms with van der Waals surface area (Å²) in [7, 11) is 0. The Bertz CT molecular complexity index is 517. The summed E-state index contributed by atoms with van der Waals surface area (Å²) >= 11 is 0. The van der Waals surface area contributed by atoms with Crippen LogP contribution < -0.4 is 10.5 Å². The third-order valence-corrected chi connectivity index (χ3v) is 2.33. The van der Waals surface area contributed by atoms with Gasteiger partial charge in [-0.1, -0.05) is 6.07 Å². The number of pyridine rings is 2. The lowest BCUT2D eigenvalue weighted by Gasteiger charge is -2.07. The van der Waals surface area contributed by atoms with Crippen molar-refractivity contribution in [3.05, 3.63) is 42.2 Å². The van der Waals surface area contributed by atoms with E-state index in [1.54, 1.807) is 18.3 Å². The summed E-state index contributed by atoms with van der Waals surface area (Å²) in [6.45, 7) is -2.53.